The van der Waals surface area contributed by atoms with Crippen molar-refractivity contribution in [2.45, 2.75) is 12.7 Å². The van der Waals surface area contributed by atoms with Crippen molar-refractivity contribution in [3.63, 3.8) is 0 Å². The van der Waals surface area contributed by atoms with Crippen LogP contribution in [0.3, 0.4) is 0 Å². The summed E-state index contributed by atoms with van der Waals surface area (Å²) < 4.78 is 39.0. The van der Waals surface area contributed by atoms with Crippen LogP contribution in [0.1, 0.15) is 15.9 Å². The lowest BCUT2D eigenvalue weighted by molar-refractivity contribution is -0.137. The largest absolute Gasteiger partial charge is 0.416 e. The molecule has 128 valence electrons. The van der Waals surface area contributed by atoms with E-state index in [0.717, 1.165) is 29.8 Å². The second kappa shape index (κ2) is 6.43. The number of alkyl halides is 3. The van der Waals surface area contributed by atoms with Gasteiger partial charge in [-0.1, -0.05) is 42.5 Å². The molecular weight excluding hydrogens is 331 g/mol. The van der Waals surface area contributed by atoms with Crippen LogP contribution in [0.2, 0.25) is 0 Å². The van der Waals surface area contributed by atoms with Crippen molar-refractivity contribution >= 4 is 11.6 Å². The van der Waals surface area contributed by atoms with Crippen molar-refractivity contribution in [1.29, 1.82) is 0 Å². The molecule has 0 atom stereocenters. The van der Waals surface area contributed by atoms with Crippen LogP contribution in [0.5, 0.6) is 0 Å². The zero-order valence-corrected chi connectivity index (χ0v) is 13.0. The number of nitrogens with zero attached hydrogens (tertiary/aromatic N) is 2. The number of hydrogen-bond donors (Lipinski definition) is 1. The molecule has 1 aromatic heterocycles. The maximum atomic E-state index is 12.6. The highest BCUT2D eigenvalue weighted by molar-refractivity contribution is 5.96. The van der Waals surface area contributed by atoms with Gasteiger partial charge in [-0.25, -0.2) is 4.68 Å². The minimum atomic E-state index is -4.43. The Bertz CT molecular complexity index is 884. The van der Waals surface area contributed by atoms with E-state index in [-0.39, 0.29) is 17.9 Å². The summed E-state index contributed by atoms with van der Waals surface area (Å²) in [7, 11) is 0. The van der Waals surface area contributed by atoms with Crippen molar-refractivity contribution < 1.29 is 18.0 Å². The number of aromatic nitrogens is 2. The number of halogens is 3. The van der Waals surface area contributed by atoms with Crippen LogP contribution < -0.4 is 5.73 Å². The van der Waals surface area contributed by atoms with E-state index in [9.17, 15) is 18.0 Å². The molecule has 2 aromatic carbocycles. The fourth-order valence-corrected chi connectivity index (χ4v) is 2.38. The summed E-state index contributed by atoms with van der Waals surface area (Å²) >= 11 is 0. The summed E-state index contributed by atoms with van der Waals surface area (Å²) in [5.41, 5.74) is 6.74. The lowest BCUT2D eigenvalue weighted by atomic mass is 10.1. The molecule has 0 unspecified atom stereocenters. The Morgan fingerprint density at radius 1 is 1.04 bits per heavy atom. The number of carbonyl (C=O) groups excluding carboxylic acids is 1. The van der Waals surface area contributed by atoms with Crippen molar-refractivity contribution in [2.75, 3.05) is 5.73 Å². The minimum absolute atomic E-state index is 0.149. The van der Waals surface area contributed by atoms with Crippen LogP contribution in [-0.2, 0) is 12.7 Å². The molecule has 0 aliphatic rings. The second-order valence-corrected chi connectivity index (χ2v) is 5.48. The van der Waals surface area contributed by atoms with Gasteiger partial charge in [0.15, 0.2) is 5.78 Å². The van der Waals surface area contributed by atoms with Gasteiger partial charge in [0.2, 0.25) is 0 Å². The zero-order valence-electron chi connectivity index (χ0n) is 13.0. The molecule has 2 N–H and O–H groups in total. The van der Waals surface area contributed by atoms with E-state index in [1.54, 1.807) is 6.07 Å². The first-order valence-electron chi connectivity index (χ1n) is 7.44. The first kappa shape index (κ1) is 16.8. The number of ketones is 1. The number of rotatable bonds is 4. The molecule has 0 saturated carbocycles. The van der Waals surface area contributed by atoms with Gasteiger partial charge >= 0.3 is 6.18 Å². The Morgan fingerprint density at radius 3 is 2.28 bits per heavy atom. The normalized spacial score (nSPS) is 11.5. The number of benzene rings is 2. The molecule has 1 heterocycles. The van der Waals surface area contributed by atoms with Crippen LogP contribution in [0, 0.1) is 0 Å². The minimum Gasteiger partial charge on any atom is -0.384 e. The molecule has 3 rings (SSSR count). The summed E-state index contributed by atoms with van der Waals surface area (Å²) in [6, 6.07) is 15.0. The summed E-state index contributed by atoms with van der Waals surface area (Å²) in [5.74, 6) is -0.0674. The van der Waals surface area contributed by atoms with Crippen molar-refractivity contribution in [3.8, 4) is 11.3 Å². The number of anilines is 1. The molecule has 0 fully saturated rings. The number of nitrogen functional groups attached to an aromatic ring is 1. The Hall–Kier alpha value is -3.09. The average Bonchev–Trinajstić information content (AvgIpc) is 2.96. The van der Waals surface area contributed by atoms with Crippen molar-refractivity contribution in [1.82, 2.24) is 9.78 Å². The molecule has 0 aliphatic carbocycles. The van der Waals surface area contributed by atoms with Crippen LogP contribution in [0.15, 0.2) is 60.7 Å². The predicted molar refractivity (Wildman–Crippen MR) is 87.8 cm³/mol. The highest BCUT2D eigenvalue weighted by Crippen LogP contribution is 2.29. The van der Waals surface area contributed by atoms with Crippen LogP contribution in [0.4, 0.5) is 19.0 Å². The maximum absolute atomic E-state index is 12.6. The number of carbonyl (C=O) groups is 1. The quantitative estimate of drug-likeness (QED) is 0.726. The Kier molecular flexibility index (Phi) is 4.31. The SMILES string of the molecule is Nc1cc(-c2ccccc2)nn1CC(=O)c1ccc(C(F)(F)F)cc1. The fraction of sp³-hybridized carbons (Fsp3) is 0.111. The molecule has 0 saturated heterocycles. The second-order valence-electron chi connectivity index (χ2n) is 5.48. The summed E-state index contributed by atoms with van der Waals surface area (Å²) in [6.07, 6.45) is -4.43. The molecule has 0 aliphatic heterocycles. The number of hydrogen-bond acceptors (Lipinski definition) is 3. The zero-order chi connectivity index (χ0) is 18.0. The average molecular weight is 345 g/mol. The third-order valence-corrected chi connectivity index (χ3v) is 3.71. The van der Waals surface area contributed by atoms with Gasteiger partial charge in [-0.05, 0) is 12.1 Å². The van der Waals surface area contributed by atoms with Gasteiger partial charge in [0.05, 0.1) is 11.3 Å². The van der Waals surface area contributed by atoms with Gasteiger partial charge in [-0.2, -0.15) is 18.3 Å². The maximum Gasteiger partial charge on any atom is 0.416 e. The first-order chi connectivity index (χ1) is 11.8. The molecule has 25 heavy (non-hydrogen) atoms. The van der Waals surface area contributed by atoms with Gasteiger partial charge in [-0.3, -0.25) is 4.79 Å². The lowest BCUT2D eigenvalue weighted by Gasteiger charge is -2.07. The van der Waals surface area contributed by atoms with E-state index in [0.29, 0.717) is 11.5 Å². The van der Waals surface area contributed by atoms with Gasteiger partial charge in [-0.15, -0.1) is 0 Å². The van der Waals surface area contributed by atoms with Crippen molar-refractivity contribution in [2.24, 2.45) is 0 Å². The smallest absolute Gasteiger partial charge is 0.384 e. The Morgan fingerprint density at radius 2 is 1.68 bits per heavy atom. The van der Waals surface area contributed by atoms with Crippen molar-refractivity contribution in [3.05, 3.63) is 71.8 Å². The summed E-state index contributed by atoms with van der Waals surface area (Å²) in [6.45, 7) is -0.149. The van der Waals surface area contributed by atoms with E-state index in [2.05, 4.69) is 5.10 Å². The fourth-order valence-electron chi connectivity index (χ4n) is 2.38. The van der Waals surface area contributed by atoms with E-state index in [4.69, 9.17) is 5.73 Å². The number of Topliss-reactive ketones (excluding diaryl/α,β-unsaturated/α-hetero) is 1. The number of nitrogens with two attached hydrogens (primary N) is 1. The highest BCUT2D eigenvalue weighted by atomic mass is 19.4. The van der Waals surface area contributed by atoms with Crippen LogP contribution >= 0.6 is 0 Å². The summed E-state index contributed by atoms with van der Waals surface area (Å²) in [5, 5.41) is 4.29. The molecule has 0 bridgehead atoms. The molecule has 3 aromatic rings. The van der Waals surface area contributed by atoms with E-state index >= 15 is 0 Å². The van der Waals surface area contributed by atoms with Crippen LogP contribution in [-0.4, -0.2) is 15.6 Å². The third kappa shape index (κ3) is 3.71. The van der Waals surface area contributed by atoms with E-state index in [1.165, 1.54) is 4.68 Å². The van der Waals surface area contributed by atoms with Crippen LogP contribution in [0.25, 0.3) is 11.3 Å². The Balaban J connectivity index is 1.78. The van der Waals surface area contributed by atoms with Gasteiger partial charge in [0.25, 0.3) is 0 Å². The first-order valence-corrected chi connectivity index (χ1v) is 7.44. The summed E-state index contributed by atoms with van der Waals surface area (Å²) in [4.78, 5) is 12.3. The predicted octanol–water partition coefficient (Wildman–Crippen LogP) is 4.03. The highest BCUT2D eigenvalue weighted by Gasteiger charge is 2.30. The van der Waals surface area contributed by atoms with Gasteiger partial charge < -0.3 is 5.73 Å². The van der Waals surface area contributed by atoms with E-state index in [1.807, 2.05) is 30.3 Å². The molecular formula is C18H14F3N3O. The molecule has 0 spiro atoms. The molecule has 7 heteroatoms. The topological polar surface area (TPSA) is 60.9 Å². The van der Waals surface area contributed by atoms with Gasteiger partial charge in [0.1, 0.15) is 12.4 Å². The molecule has 0 radical (unpaired) electrons. The lowest BCUT2D eigenvalue weighted by Crippen LogP contribution is -2.14. The standard InChI is InChI=1S/C18H14F3N3O/c19-18(20,21)14-8-6-13(7-9-14)16(25)11-24-17(22)10-15(23-24)12-4-2-1-3-5-12/h1-10H,11,22H2. The van der Waals surface area contributed by atoms with Gasteiger partial charge in [0, 0.05) is 17.2 Å². The third-order valence-electron chi connectivity index (χ3n) is 3.71. The molecule has 4 nitrogen and oxygen atoms in total. The molecule has 0 amide bonds. The Labute approximate surface area is 141 Å². The van der Waals surface area contributed by atoms with E-state index < -0.39 is 11.7 Å². The monoisotopic (exact) mass is 345 g/mol.